The van der Waals surface area contributed by atoms with E-state index in [2.05, 4.69) is 15.3 Å². The molecule has 1 aliphatic rings. The maximum atomic E-state index is 13.0. The maximum Gasteiger partial charge on any atom is 0.357 e. The fraction of sp³-hybridized carbons (Fsp3) is 0.185. The SMILES string of the molecule is CCOC(=O)C1=NN(c2ccccc2)C(=O)C1N=Nc1ccc(C(=O)OCCOc2ccccc2)cc1. The molecule has 1 aliphatic heterocycles. The lowest BCUT2D eigenvalue weighted by Gasteiger charge is -2.11. The molecule has 0 spiro atoms. The number of hydrazone groups is 1. The molecule has 188 valence electrons. The molecule has 4 rings (SSSR count). The van der Waals surface area contributed by atoms with Crippen LogP contribution in [0.2, 0.25) is 0 Å². The van der Waals surface area contributed by atoms with Crippen LogP contribution in [0.1, 0.15) is 17.3 Å². The number of azo groups is 1. The third-order valence-electron chi connectivity index (χ3n) is 5.11. The number of nitrogens with zero attached hydrogens (tertiary/aromatic N) is 4. The predicted octanol–water partition coefficient (Wildman–Crippen LogP) is 4.34. The molecule has 0 bridgehead atoms. The lowest BCUT2D eigenvalue weighted by atomic mass is 10.2. The Bertz CT molecular complexity index is 1290. The van der Waals surface area contributed by atoms with Gasteiger partial charge in [0.2, 0.25) is 6.04 Å². The summed E-state index contributed by atoms with van der Waals surface area (Å²) in [5.41, 5.74) is 1.03. The standard InChI is InChI=1S/C27H24N4O6/c1-2-35-27(34)24-23(25(32)31(30-24)21-9-5-3-6-10-21)29-28-20-15-13-19(14-16-20)26(33)37-18-17-36-22-11-7-4-8-12-22/h3-16,23H,2,17-18H2,1H3. The van der Waals surface area contributed by atoms with Crippen molar-refractivity contribution in [3.8, 4) is 5.75 Å². The predicted molar refractivity (Wildman–Crippen MR) is 135 cm³/mol. The van der Waals surface area contributed by atoms with Gasteiger partial charge in [-0.2, -0.15) is 20.3 Å². The van der Waals surface area contributed by atoms with E-state index in [4.69, 9.17) is 14.2 Å². The van der Waals surface area contributed by atoms with Crippen molar-refractivity contribution >= 4 is 34.9 Å². The molecule has 0 fully saturated rings. The lowest BCUT2D eigenvalue weighted by molar-refractivity contribution is -0.135. The quantitative estimate of drug-likeness (QED) is 0.232. The van der Waals surface area contributed by atoms with Crippen LogP contribution in [0, 0.1) is 0 Å². The Morgan fingerprint density at radius 1 is 0.865 bits per heavy atom. The molecule has 1 amide bonds. The molecule has 0 aliphatic carbocycles. The maximum absolute atomic E-state index is 13.0. The highest BCUT2D eigenvalue weighted by atomic mass is 16.6. The Morgan fingerprint density at radius 3 is 2.22 bits per heavy atom. The first-order valence-corrected chi connectivity index (χ1v) is 11.6. The number of benzene rings is 3. The van der Waals surface area contributed by atoms with E-state index >= 15 is 0 Å². The van der Waals surface area contributed by atoms with Crippen LogP contribution in [-0.2, 0) is 19.1 Å². The largest absolute Gasteiger partial charge is 0.490 e. The normalized spacial score (nSPS) is 14.9. The van der Waals surface area contributed by atoms with Crippen molar-refractivity contribution in [2.75, 3.05) is 24.8 Å². The van der Waals surface area contributed by atoms with E-state index in [0.29, 0.717) is 22.7 Å². The summed E-state index contributed by atoms with van der Waals surface area (Å²) in [7, 11) is 0. The first-order chi connectivity index (χ1) is 18.1. The molecule has 3 aromatic carbocycles. The lowest BCUT2D eigenvalue weighted by Crippen LogP contribution is -2.33. The molecular formula is C27H24N4O6. The van der Waals surface area contributed by atoms with Gasteiger partial charge in [-0.25, -0.2) is 9.59 Å². The van der Waals surface area contributed by atoms with E-state index in [1.54, 1.807) is 49.4 Å². The number of carbonyl (C=O) groups is 3. The Labute approximate surface area is 213 Å². The molecule has 0 aromatic heterocycles. The monoisotopic (exact) mass is 500 g/mol. The van der Waals surface area contributed by atoms with Gasteiger partial charge in [-0.05, 0) is 55.5 Å². The van der Waals surface area contributed by atoms with E-state index in [0.717, 1.165) is 5.01 Å². The molecule has 0 saturated carbocycles. The number of hydrogen-bond acceptors (Lipinski definition) is 9. The smallest absolute Gasteiger partial charge is 0.357 e. The molecule has 3 aromatic rings. The minimum atomic E-state index is -1.26. The summed E-state index contributed by atoms with van der Waals surface area (Å²) in [6.07, 6.45) is 0. The Balaban J connectivity index is 1.38. The second kappa shape index (κ2) is 12.2. The Kier molecular flexibility index (Phi) is 8.33. The summed E-state index contributed by atoms with van der Waals surface area (Å²) >= 11 is 0. The van der Waals surface area contributed by atoms with Crippen LogP contribution in [0.25, 0.3) is 0 Å². The highest BCUT2D eigenvalue weighted by Crippen LogP contribution is 2.24. The van der Waals surface area contributed by atoms with Crippen LogP contribution in [0.5, 0.6) is 5.75 Å². The number of carbonyl (C=O) groups excluding carboxylic acids is 3. The number of esters is 2. The molecule has 0 saturated heterocycles. The van der Waals surface area contributed by atoms with E-state index in [9.17, 15) is 14.4 Å². The van der Waals surface area contributed by atoms with Crippen molar-refractivity contribution in [3.05, 3.63) is 90.5 Å². The number of rotatable bonds is 10. The van der Waals surface area contributed by atoms with Crippen molar-refractivity contribution in [2.24, 2.45) is 15.3 Å². The van der Waals surface area contributed by atoms with Crippen molar-refractivity contribution in [1.82, 2.24) is 0 Å². The molecule has 1 atom stereocenters. The molecule has 0 N–H and O–H groups in total. The fourth-order valence-electron chi connectivity index (χ4n) is 3.34. The Hall–Kier alpha value is -4.86. The zero-order chi connectivity index (χ0) is 26.0. The fourth-order valence-corrected chi connectivity index (χ4v) is 3.34. The summed E-state index contributed by atoms with van der Waals surface area (Å²) < 4.78 is 15.8. The van der Waals surface area contributed by atoms with Crippen LogP contribution in [0.15, 0.2) is 100 Å². The van der Waals surface area contributed by atoms with Crippen LogP contribution in [0.4, 0.5) is 11.4 Å². The minimum absolute atomic E-state index is 0.0901. The molecule has 1 unspecified atom stereocenters. The molecule has 1 heterocycles. The van der Waals surface area contributed by atoms with Crippen molar-refractivity contribution in [1.29, 1.82) is 0 Å². The number of amides is 1. The molecule has 10 heteroatoms. The summed E-state index contributed by atoms with van der Waals surface area (Å²) in [4.78, 5) is 37.7. The molecule has 10 nitrogen and oxygen atoms in total. The van der Waals surface area contributed by atoms with Gasteiger partial charge in [0.05, 0.1) is 23.5 Å². The van der Waals surface area contributed by atoms with Gasteiger partial charge in [-0.1, -0.05) is 36.4 Å². The van der Waals surface area contributed by atoms with Gasteiger partial charge < -0.3 is 14.2 Å². The van der Waals surface area contributed by atoms with Crippen molar-refractivity contribution in [3.63, 3.8) is 0 Å². The van der Waals surface area contributed by atoms with Gasteiger partial charge >= 0.3 is 11.9 Å². The average Bonchev–Trinajstić information content (AvgIpc) is 3.27. The number of para-hydroxylation sites is 2. The zero-order valence-electron chi connectivity index (χ0n) is 20.0. The summed E-state index contributed by atoms with van der Waals surface area (Å²) in [5.74, 6) is -1.10. The van der Waals surface area contributed by atoms with Crippen LogP contribution in [-0.4, -0.2) is 49.4 Å². The van der Waals surface area contributed by atoms with E-state index in [1.165, 1.54) is 12.1 Å². The zero-order valence-corrected chi connectivity index (χ0v) is 20.0. The molecular weight excluding hydrogens is 476 g/mol. The first-order valence-electron chi connectivity index (χ1n) is 11.6. The number of ether oxygens (including phenoxy) is 3. The highest BCUT2D eigenvalue weighted by Gasteiger charge is 2.41. The average molecular weight is 501 g/mol. The van der Waals surface area contributed by atoms with Crippen molar-refractivity contribution in [2.45, 2.75) is 13.0 Å². The van der Waals surface area contributed by atoms with E-state index < -0.39 is 23.9 Å². The van der Waals surface area contributed by atoms with Gasteiger partial charge in [-0.15, -0.1) is 0 Å². The van der Waals surface area contributed by atoms with Gasteiger partial charge in [0.15, 0.2) is 5.71 Å². The summed E-state index contributed by atoms with van der Waals surface area (Å²) in [5, 5.41) is 13.4. The number of hydrogen-bond donors (Lipinski definition) is 0. The van der Waals surface area contributed by atoms with Crippen LogP contribution in [0.3, 0.4) is 0 Å². The van der Waals surface area contributed by atoms with Crippen molar-refractivity contribution < 1.29 is 28.6 Å². The highest BCUT2D eigenvalue weighted by molar-refractivity contribution is 6.46. The third kappa shape index (κ3) is 6.43. The van der Waals surface area contributed by atoms with E-state index in [1.807, 2.05) is 30.3 Å². The second-order valence-corrected chi connectivity index (χ2v) is 7.65. The van der Waals surface area contributed by atoms with Gasteiger partial charge in [0.25, 0.3) is 5.91 Å². The van der Waals surface area contributed by atoms with Crippen LogP contribution >= 0.6 is 0 Å². The van der Waals surface area contributed by atoms with Crippen LogP contribution < -0.4 is 9.75 Å². The molecule has 37 heavy (non-hydrogen) atoms. The topological polar surface area (TPSA) is 119 Å². The first kappa shape index (κ1) is 25.2. The molecule has 0 radical (unpaired) electrons. The minimum Gasteiger partial charge on any atom is -0.490 e. The van der Waals surface area contributed by atoms with Gasteiger partial charge in [0, 0.05) is 0 Å². The number of anilines is 1. The summed E-state index contributed by atoms with van der Waals surface area (Å²) in [6, 6.07) is 22.8. The Morgan fingerprint density at radius 2 is 1.54 bits per heavy atom. The van der Waals surface area contributed by atoms with Gasteiger partial charge in [-0.3, -0.25) is 4.79 Å². The second-order valence-electron chi connectivity index (χ2n) is 7.65. The van der Waals surface area contributed by atoms with E-state index in [-0.39, 0.29) is 25.5 Å². The summed E-state index contributed by atoms with van der Waals surface area (Å²) in [6.45, 7) is 2.09. The third-order valence-corrected chi connectivity index (χ3v) is 5.11. The van der Waals surface area contributed by atoms with Gasteiger partial charge in [0.1, 0.15) is 19.0 Å².